The van der Waals surface area contributed by atoms with Crippen molar-refractivity contribution in [1.29, 1.82) is 0 Å². The first-order valence-corrected chi connectivity index (χ1v) is 12.9. The van der Waals surface area contributed by atoms with Crippen LogP contribution in [0.3, 0.4) is 0 Å². The fourth-order valence-corrected chi connectivity index (χ4v) is 5.27. The zero-order valence-corrected chi connectivity index (χ0v) is 22.2. The molecule has 2 aliphatic heterocycles. The number of hydrogen-bond acceptors (Lipinski definition) is 7. The van der Waals surface area contributed by atoms with Crippen LogP contribution in [-0.4, -0.2) is 29.3 Å². The number of allylic oxidation sites excluding steroid dienone is 1. The summed E-state index contributed by atoms with van der Waals surface area (Å²) in [4.78, 5) is 19.5. The molecule has 0 amide bonds. The van der Waals surface area contributed by atoms with E-state index in [4.69, 9.17) is 25.8 Å². The van der Waals surface area contributed by atoms with Crippen molar-refractivity contribution in [3.63, 3.8) is 0 Å². The van der Waals surface area contributed by atoms with Gasteiger partial charge in [0.15, 0.2) is 16.7 Å². The minimum atomic E-state index is -0.404. The smallest absolute Gasteiger partial charge is 0.338 e. The second kappa shape index (κ2) is 10.9. The van der Waals surface area contributed by atoms with Crippen LogP contribution < -0.4 is 9.47 Å². The number of benzene rings is 2. The van der Waals surface area contributed by atoms with Crippen molar-refractivity contribution >= 4 is 50.4 Å². The summed E-state index contributed by atoms with van der Waals surface area (Å²) in [5.41, 5.74) is 2.99. The molecule has 1 atom stereocenters. The monoisotopic (exact) mass is 562 g/mol. The van der Waals surface area contributed by atoms with Gasteiger partial charge in [0, 0.05) is 11.2 Å². The highest BCUT2D eigenvalue weighted by molar-refractivity contribution is 9.10. The van der Waals surface area contributed by atoms with E-state index in [2.05, 4.69) is 20.9 Å². The van der Waals surface area contributed by atoms with Crippen molar-refractivity contribution in [2.75, 3.05) is 13.2 Å². The minimum absolute atomic E-state index is 0.287. The highest BCUT2D eigenvalue weighted by atomic mass is 79.9. The lowest BCUT2D eigenvalue weighted by Crippen LogP contribution is -2.34. The molecular formula is C25H24BrClN2O4S. The van der Waals surface area contributed by atoms with Crippen LogP contribution in [0.15, 0.2) is 68.7 Å². The molecule has 0 radical (unpaired) electrons. The van der Waals surface area contributed by atoms with E-state index in [9.17, 15) is 4.79 Å². The summed E-state index contributed by atoms with van der Waals surface area (Å²) in [6, 6.07) is 11.0. The van der Waals surface area contributed by atoms with E-state index in [-0.39, 0.29) is 12.6 Å². The number of nitrogens with zero attached hydrogens (tertiary/aromatic N) is 2. The van der Waals surface area contributed by atoms with Crippen LogP contribution in [0.1, 0.15) is 37.9 Å². The van der Waals surface area contributed by atoms with Gasteiger partial charge < -0.3 is 19.1 Å². The van der Waals surface area contributed by atoms with Crippen LogP contribution in [0.2, 0.25) is 5.02 Å². The highest BCUT2D eigenvalue weighted by Gasteiger charge is 2.38. The summed E-state index contributed by atoms with van der Waals surface area (Å²) in [6.45, 7) is 6.66. The molecule has 0 spiro atoms. The van der Waals surface area contributed by atoms with Gasteiger partial charge in [-0.15, -0.1) is 0 Å². The van der Waals surface area contributed by atoms with Crippen LogP contribution >= 0.6 is 39.3 Å². The number of aliphatic imine (C=N–C) groups is 1. The Morgan fingerprint density at radius 2 is 1.94 bits per heavy atom. The second-order valence-corrected chi connectivity index (χ2v) is 9.67. The Morgan fingerprint density at radius 3 is 2.65 bits per heavy atom. The molecule has 0 saturated heterocycles. The molecule has 9 heteroatoms. The minimum Gasteiger partial charge on any atom is -0.490 e. The summed E-state index contributed by atoms with van der Waals surface area (Å²) >= 11 is 11.2. The lowest BCUT2D eigenvalue weighted by Gasteiger charge is -2.33. The van der Waals surface area contributed by atoms with Crippen molar-refractivity contribution in [3.8, 4) is 11.5 Å². The van der Waals surface area contributed by atoms with Crippen molar-refractivity contribution in [3.05, 3.63) is 79.9 Å². The number of amidine groups is 1. The van der Waals surface area contributed by atoms with Gasteiger partial charge in [0.1, 0.15) is 6.61 Å². The first-order chi connectivity index (χ1) is 16.4. The van der Waals surface area contributed by atoms with Gasteiger partial charge in [-0.05, 0) is 77.5 Å². The maximum absolute atomic E-state index is 12.9. The largest absolute Gasteiger partial charge is 0.490 e. The predicted molar refractivity (Wildman–Crippen MR) is 139 cm³/mol. The van der Waals surface area contributed by atoms with Gasteiger partial charge in [-0.3, -0.25) is 0 Å². The van der Waals surface area contributed by atoms with E-state index < -0.39 is 6.04 Å². The average molecular weight is 564 g/mol. The Morgan fingerprint density at radius 1 is 1.18 bits per heavy atom. The SMILES string of the molecule is CCOC(=O)C1=C(C)N=C2SC=CN2[C@@H]1c1cc(Br)c(OCc2ccc(Cl)cc2)c(OCC)c1. The third kappa shape index (κ3) is 5.14. The van der Waals surface area contributed by atoms with E-state index in [0.717, 1.165) is 20.8 Å². The number of carbonyl (C=O) groups is 1. The number of carbonyl (C=O) groups excluding carboxylic acids is 1. The number of thioether (sulfide) groups is 1. The molecule has 178 valence electrons. The molecule has 34 heavy (non-hydrogen) atoms. The molecule has 2 aliphatic rings. The number of ether oxygens (including phenoxy) is 3. The fraction of sp³-hybridized carbons (Fsp3) is 0.280. The van der Waals surface area contributed by atoms with Crippen molar-refractivity contribution in [1.82, 2.24) is 4.90 Å². The Labute approximate surface area is 216 Å². The van der Waals surface area contributed by atoms with Crippen LogP contribution in [0.4, 0.5) is 0 Å². The molecule has 0 fully saturated rings. The molecule has 6 nitrogen and oxygen atoms in total. The summed E-state index contributed by atoms with van der Waals surface area (Å²) in [5.74, 6) is 0.798. The molecule has 2 heterocycles. The molecule has 2 aromatic carbocycles. The molecule has 0 aliphatic carbocycles. The van der Waals surface area contributed by atoms with Crippen molar-refractivity contribution < 1.29 is 19.0 Å². The van der Waals surface area contributed by atoms with Gasteiger partial charge in [-0.25, -0.2) is 9.79 Å². The van der Waals surface area contributed by atoms with Crippen LogP contribution in [0.5, 0.6) is 11.5 Å². The van der Waals surface area contributed by atoms with Gasteiger partial charge in [-0.1, -0.05) is 35.5 Å². The first-order valence-electron chi connectivity index (χ1n) is 10.8. The first kappa shape index (κ1) is 24.7. The number of hydrogen-bond donors (Lipinski definition) is 0. The van der Waals surface area contributed by atoms with Crippen molar-refractivity contribution in [2.45, 2.75) is 33.4 Å². The Hall–Kier alpha value is -2.42. The number of fused-ring (bicyclic) bond motifs is 1. The molecule has 2 aromatic rings. The van der Waals surface area contributed by atoms with Crippen LogP contribution in [-0.2, 0) is 16.1 Å². The standard InChI is InChI=1S/C25H24BrClN2O4S/c1-4-31-20-13-17(12-19(26)23(20)33-14-16-6-8-18(27)9-7-16)22-21(24(30)32-5-2)15(3)28-25-29(22)10-11-34-25/h6-13,22H,4-5,14H2,1-3H3/t22-/m1/s1. The van der Waals surface area contributed by atoms with Crippen LogP contribution in [0.25, 0.3) is 0 Å². The van der Waals surface area contributed by atoms with E-state index in [1.807, 2.05) is 66.8 Å². The fourth-order valence-electron chi connectivity index (χ4n) is 3.78. The van der Waals surface area contributed by atoms with E-state index in [0.29, 0.717) is 41.0 Å². The average Bonchev–Trinajstić information content (AvgIpc) is 3.27. The topological polar surface area (TPSA) is 60.4 Å². The van der Waals surface area contributed by atoms with Crippen molar-refractivity contribution in [2.24, 2.45) is 4.99 Å². The Balaban J connectivity index is 1.72. The molecular weight excluding hydrogens is 540 g/mol. The van der Waals surface area contributed by atoms with Gasteiger partial charge in [-0.2, -0.15) is 0 Å². The quantitative estimate of drug-likeness (QED) is 0.328. The molecule has 0 saturated carbocycles. The molecule has 0 bridgehead atoms. The third-order valence-corrected chi connectivity index (χ3v) is 6.87. The second-order valence-electron chi connectivity index (χ2n) is 7.50. The van der Waals surface area contributed by atoms with E-state index in [1.165, 1.54) is 11.8 Å². The highest BCUT2D eigenvalue weighted by Crippen LogP contribution is 2.45. The Kier molecular flexibility index (Phi) is 7.91. The molecule has 0 unspecified atom stereocenters. The summed E-state index contributed by atoms with van der Waals surface area (Å²) in [6.07, 6.45) is 1.93. The van der Waals surface area contributed by atoms with E-state index in [1.54, 1.807) is 6.92 Å². The molecule has 0 aromatic heterocycles. The van der Waals surface area contributed by atoms with E-state index >= 15 is 0 Å². The van der Waals surface area contributed by atoms with Gasteiger partial charge in [0.25, 0.3) is 0 Å². The van der Waals surface area contributed by atoms with Gasteiger partial charge in [0.05, 0.1) is 35.0 Å². The third-order valence-electron chi connectivity index (χ3n) is 5.26. The zero-order valence-electron chi connectivity index (χ0n) is 19.0. The number of esters is 1. The zero-order chi connectivity index (χ0) is 24.2. The van der Waals surface area contributed by atoms with Gasteiger partial charge >= 0.3 is 5.97 Å². The molecule has 0 N–H and O–H groups in total. The predicted octanol–water partition coefficient (Wildman–Crippen LogP) is 6.85. The molecule has 4 rings (SSSR count). The lowest BCUT2D eigenvalue weighted by atomic mass is 9.94. The lowest BCUT2D eigenvalue weighted by molar-refractivity contribution is -0.139. The maximum Gasteiger partial charge on any atom is 0.338 e. The summed E-state index contributed by atoms with van der Waals surface area (Å²) in [5, 5.41) is 3.44. The summed E-state index contributed by atoms with van der Waals surface area (Å²) in [7, 11) is 0. The van der Waals surface area contributed by atoms with Crippen LogP contribution in [0, 0.1) is 0 Å². The Bertz CT molecular complexity index is 1180. The van der Waals surface area contributed by atoms with Gasteiger partial charge in [0.2, 0.25) is 0 Å². The number of halogens is 2. The normalized spacial score (nSPS) is 16.9. The summed E-state index contributed by atoms with van der Waals surface area (Å²) < 4.78 is 18.2. The number of rotatable bonds is 8. The maximum atomic E-state index is 12.9.